The van der Waals surface area contributed by atoms with Crippen molar-refractivity contribution in [1.29, 1.82) is 0 Å². The Morgan fingerprint density at radius 2 is 1.55 bits per heavy atom. The molecular weight excluding hydrogens is 394 g/mol. The van der Waals surface area contributed by atoms with Gasteiger partial charge in [0, 0.05) is 0 Å². The summed E-state index contributed by atoms with van der Waals surface area (Å²) in [6.45, 7) is 7.12. The van der Waals surface area contributed by atoms with Crippen LogP contribution in [0.25, 0.3) is 0 Å². The molecule has 0 aliphatic carbocycles. The SMILES string of the molecule is CCc1nnn(Cc2ccc(CO)cc2)c1Oc1ccc(C(CC)CC)cc1.O=C=O. The van der Waals surface area contributed by atoms with Gasteiger partial charge in [0.25, 0.3) is 0 Å². The molecule has 1 N–H and O–H groups in total. The second kappa shape index (κ2) is 12.4. The summed E-state index contributed by atoms with van der Waals surface area (Å²) >= 11 is 0. The predicted octanol–water partition coefficient (Wildman–Crippen LogP) is 4.49. The third-order valence-electron chi connectivity index (χ3n) is 5.18. The summed E-state index contributed by atoms with van der Waals surface area (Å²) in [5, 5.41) is 17.8. The first-order valence-corrected chi connectivity index (χ1v) is 10.5. The molecule has 3 rings (SSSR count). The molecule has 3 aromatic rings. The van der Waals surface area contributed by atoms with Crippen LogP contribution in [0.3, 0.4) is 0 Å². The van der Waals surface area contributed by atoms with Gasteiger partial charge >= 0.3 is 6.15 Å². The van der Waals surface area contributed by atoms with Crippen molar-refractivity contribution in [3.8, 4) is 11.6 Å². The van der Waals surface area contributed by atoms with E-state index in [9.17, 15) is 5.11 Å². The molecule has 7 heteroatoms. The Bertz CT molecular complexity index is 955. The minimum Gasteiger partial charge on any atom is -0.437 e. The van der Waals surface area contributed by atoms with Crippen molar-refractivity contribution < 1.29 is 19.4 Å². The number of carbonyl (C=O) groups excluding carboxylic acids is 2. The summed E-state index contributed by atoms with van der Waals surface area (Å²) < 4.78 is 7.98. The van der Waals surface area contributed by atoms with E-state index in [1.807, 2.05) is 43.3 Å². The third-order valence-corrected chi connectivity index (χ3v) is 5.18. The Kier molecular flexibility index (Phi) is 9.62. The smallest absolute Gasteiger partial charge is 0.373 e. The number of hydrogen-bond acceptors (Lipinski definition) is 6. The van der Waals surface area contributed by atoms with Crippen molar-refractivity contribution >= 4 is 6.15 Å². The van der Waals surface area contributed by atoms with E-state index in [0.29, 0.717) is 18.3 Å². The van der Waals surface area contributed by atoms with Crippen molar-refractivity contribution in [3.05, 3.63) is 70.9 Å². The summed E-state index contributed by atoms with van der Waals surface area (Å²) in [6.07, 6.45) is 3.29. The minimum absolute atomic E-state index is 0.0465. The number of ether oxygens (including phenoxy) is 1. The van der Waals surface area contributed by atoms with Crippen LogP contribution in [-0.4, -0.2) is 26.3 Å². The maximum absolute atomic E-state index is 9.20. The molecule has 1 aromatic heterocycles. The maximum atomic E-state index is 9.20. The molecule has 0 atom stereocenters. The van der Waals surface area contributed by atoms with E-state index < -0.39 is 0 Å². The lowest BCUT2D eigenvalue weighted by Crippen LogP contribution is -2.05. The van der Waals surface area contributed by atoms with E-state index in [1.54, 1.807) is 4.68 Å². The summed E-state index contributed by atoms with van der Waals surface area (Å²) in [7, 11) is 0. The van der Waals surface area contributed by atoms with Crippen LogP contribution >= 0.6 is 0 Å². The summed E-state index contributed by atoms with van der Waals surface area (Å²) in [5.41, 5.74) is 4.17. The predicted molar refractivity (Wildman–Crippen MR) is 116 cm³/mol. The lowest BCUT2D eigenvalue weighted by Gasteiger charge is -2.14. The fraction of sp³-hybridized carbons (Fsp3) is 0.375. The number of nitrogens with zero attached hydrogens (tertiary/aromatic N) is 3. The van der Waals surface area contributed by atoms with Gasteiger partial charge in [0.2, 0.25) is 5.88 Å². The molecule has 0 unspecified atom stereocenters. The maximum Gasteiger partial charge on any atom is 0.373 e. The van der Waals surface area contributed by atoms with E-state index >= 15 is 0 Å². The first-order valence-electron chi connectivity index (χ1n) is 10.5. The Balaban J connectivity index is 0.00000107. The van der Waals surface area contributed by atoms with Crippen LogP contribution < -0.4 is 4.74 Å². The largest absolute Gasteiger partial charge is 0.437 e. The highest BCUT2D eigenvalue weighted by molar-refractivity contribution is 5.34. The van der Waals surface area contributed by atoms with Gasteiger partial charge in [-0.05, 0) is 54.0 Å². The van der Waals surface area contributed by atoms with E-state index in [1.165, 1.54) is 5.56 Å². The molecule has 2 aromatic carbocycles. The Hall–Kier alpha value is -3.28. The number of aliphatic hydroxyl groups is 1. The molecule has 0 spiro atoms. The van der Waals surface area contributed by atoms with Crippen molar-refractivity contribution in [2.45, 2.75) is 59.1 Å². The standard InChI is InChI=1S/C23H29N3O2.CO2/c1-4-19(5-2)20-11-13-21(14-12-20)28-23-22(6-3)24-25-26(23)15-17-7-9-18(16-27)10-8-17;2-1-3/h7-14,19,27H,4-6,15-16H2,1-3H3;. The van der Waals surface area contributed by atoms with Crippen LogP contribution in [0.5, 0.6) is 11.6 Å². The molecule has 1 heterocycles. The molecule has 0 aliphatic heterocycles. The van der Waals surface area contributed by atoms with Crippen LogP contribution in [0.2, 0.25) is 0 Å². The average Bonchev–Trinajstić information content (AvgIpc) is 3.18. The van der Waals surface area contributed by atoms with Gasteiger partial charge in [0.1, 0.15) is 11.4 Å². The van der Waals surface area contributed by atoms with E-state index in [4.69, 9.17) is 14.3 Å². The minimum atomic E-state index is 0.0465. The highest BCUT2D eigenvalue weighted by Gasteiger charge is 2.15. The average molecular weight is 424 g/mol. The Morgan fingerprint density at radius 3 is 2.06 bits per heavy atom. The van der Waals surface area contributed by atoms with Gasteiger partial charge in [-0.3, -0.25) is 0 Å². The van der Waals surface area contributed by atoms with Gasteiger partial charge < -0.3 is 9.84 Å². The van der Waals surface area contributed by atoms with Gasteiger partial charge in [-0.25, -0.2) is 4.68 Å². The van der Waals surface area contributed by atoms with Gasteiger partial charge in [-0.2, -0.15) is 9.59 Å². The topological polar surface area (TPSA) is 94.3 Å². The Labute approximate surface area is 182 Å². The lowest BCUT2D eigenvalue weighted by atomic mass is 9.94. The molecule has 0 saturated carbocycles. The van der Waals surface area contributed by atoms with Crippen LogP contribution in [-0.2, 0) is 29.2 Å². The van der Waals surface area contributed by atoms with Crippen molar-refractivity contribution in [2.75, 3.05) is 0 Å². The van der Waals surface area contributed by atoms with Crippen molar-refractivity contribution in [1.82, 2.24) is 15.0 Å². The van der Waals surface area contributed by atoms with Crippen LogP contribution in [0.1, 0.15) is 61.9 Å². The molecule has 7 nitrogen and oxygen atoms in total. The summed E-state index contributed by atoms with van der Waals surface area (Å²) in [6, 6.07) is 16.2. The summed E-state index contributed by atoms with van der Waals surface area (Å²) in [5.74, 6) is 2.07. The number of aryl methyl sites for hydroxylation is 1. The van der Waals surface area contributed by atoms with E-state index in [2.05, 4.69) is 36.3 Å². The summed E-state index contributed by atoms with van der Waals surface area (Å²) in [4.78, 5) is 16.2. The number of benzene rings is 2. The monoisotopic (exact) mass is 423 g/mol. The highest BCUT2D eigenvalue weighted by Crippen LogP contribution is 2.29. The third kappa shape index (κ3) is 6.60. The zero-order valence-electron chi connectivity index (χ0n) is 18.2. The normalized spacial score (nSPS) is 10.4. The number of rotatable bonds is 9. The zero-order chi connectivity index (χ0) is 22.6. The molecule has 0 saturated heterocycles. The van der Waals surface area contributed by atoms with Crippen molar-refractivity contribution in [2.24, 2.45) is 0 Å². The van der Waals surface area contributed by atoms with Crippen LogP contribution in [0.4, 0.5) is 0 Å². The first-order chi connectivity index (χ1) is 15.1. The fourth-order valence-electron chi connectivity index (χ4n) is 3.38. The van der Waals surface area contributed by atoms with Crippen molar-refractivity contribution in [3.63, 3.8) is 0 Å². The highest BCUT2D eigenvalue weighted by atomic mass is 16.5. The molecular formula is C24H29N3O4. The molecule has 0 aliphatic rings. The van der Waals surface area contributed by atoms with E-state index in [0.717, 1.165) is 41.8 Å². The number of aliphatic hydroxyl groups excluding tert-OH is 1. The molecule has 0 bridgehead atoms. The molecule has 0 amide bonds. The molecule has 164 valence electrons. The second-order valence-electron chi connectivity index (χ2n) is 7.09. The first kappa shape index (κ1) is 24.0. The van der Waals surface area contributed by atoms with Gasteiger partial charge in [0.05, 0.1) is 13.2 Å². The lowest BCUT2D eigenvalue weighted by molar-refractivity contribution is -0.191. The Morgan fingerprint density at radius 1 is 0.968 bits per heavy atom. The van der Waals surface area contributed by atoms with Gasteiger partial charge in [-0.15, -0.1) is 5.10 Å². The quantitative estimate of drug-likeness (QED) is 0.545. The molecule has 0 fully saturated rings. The molecule has 0 radical (unpaired) electrons. The van der Waals surface area contributed by atoms with E-state index in [-0.39, 0.29) is 12.8 Å². The van der Waals surface area contributed by atoms with Crippen LogP contribution in [0, 0.1) is 0 Å². The van der Waals surface area contributed by atoms with Crippen LogP contribution in [0.15, 0.2) is 48.5 Å². The second-order valence-corrected chi connectivity index (χ2v) is 7.09. The van der Waals surface area contributed by atoms with Gasteiger partial charge in [-0.1, -0.05) is 62.4 Å². The fourth-order valence-corrected chi connectivity index (χ4v) is 3.38. The number of aromatic nitrogens is 3. The number of hydrogen-bond donors (Lipinski definition) is 1. The van der Waals surface area contributed by atoms with Gasteiger partial charge in [0.15, 0.2) is 0 Å². The molecule has 31 heavy (non-hydrogen) atoms. The zero-order valence-corrected chi connectivity index (χ0v) is 18.2.